The van der Waals surface area contributed by atoms with Crippen molar-refractivity contribution in [3.8, 4) is 11.8 Å². The Hall–Kier alpha value is -1.82. The second-order valence-corrected chi connectivity index (χ2v) is 19.8. The summed E-state index contributed by atoms with van der Waals surface area (Å²) in [6, 6.07) is 0. The molecule has 5 aliphatic carbocycles. The first-order chi connectivity index (χ1) is 24.8. The first kappa shape index (κ1) is 42.3. The van der Waals surface area contributed by atoms with Gasteiger partial charge in [-0.1, -0.05) is 44.8 Å². The number of phosphoric ester groups is 2. The van der Waals surface area contributed by atoms with E-state index in [0.717, 1.165) is 37.7 Å². The molecule has 0 aromatic carbocycles. The lowest BCUT2D eigenvalue weighted by Crippen LogP contribution is -2.56. The Labute approximate surface area is 309 Å². The van der Waals surface area contributed by atoms with Gasteiger partial charge in [-0.25, -0.2) is 13.7 Å². The van der Waals surface area contributed by atoms with Crippen molar-refractivity contribution in [3.05, 3.63) is 23.8 Å². The molecule has 5 aliphatic rings. The van der Waals surface area contributed by atoms with Crippen LogP contribution in [0.5, 0.6) is 0 Å². The number of allylic oxidation sites excluding steroid dienone is 4. The van der Waals surface area contributed by atoms with Crippen LogP contribution >= 0.6 is 23.5 Å². The van der Waals surface area contributed by atoms with Crippen molar-refractivity contribution in [3.63, 3.8) is 0 Å². The van der Waals surface area contributed by atoms with Gasteiger partial charge in [0.1, 0.15) is 19.3 Å². The molecule has 0 bridgehead atoms. The highest BCUT2D eigenvalue weighted by molar-refractivity contribution is 7.66. The smallest absolute Gasteiger partial charge is 0.393 e. The SMILES string of the molecule is C[C@@H]1CC2[C@@H]3CCC4=CC(=O)C=C[C@]4(C)C3[C@@H](O)C[C@]2(C)[C@H]1C(=O)COP(=O)(O)OP(=O)(O)OP(=O)(O)OCCNC(=O)COC1C#CCCCCC1. The molecule has 0 aromatic rings. The van der Waals surface area contributed by atoms with E-state index in [9.17, 15) is 47.9 Å². The van der Waals surface area contributed by atoms with Crippen LogP contribution in [-0.4, -0.2) is 75.8 Å². The van der Waals surface area contributed by atoms with Crippen LogP contribution in [0.2, 0.25) is 0 Å². The van der Waals surface area contributed by atoms with Crippen LogP contribution in [0.15, 0.2) is 23.8 Å². The highest BCUT2D eigenvalue weighted by atomic mass is 31.3. The van der Waals surface area contributed by atoms with E-state index in [2.05, 4.69) is 30.3 Å². The number of rotatable bonds is 15. The third kappa shape index (κ3) is 10.1. The van der Waals surface area contributed by atoms with Gasteiger partial charge in [-0.05, 0) is 80.3 Å². The van der Waals surface area contributed by atoms with E-state index >= 15 is 0 Å². The highest BCUT2D eigenvalue weighted by Gasteiger charge is 2.64. The van der Waals surface area contributed by atoms with E-state index in [1.807, 2.05) is 26.8 Å². The molecule has 0 heterocycles. The van der Waals surface area contributed by atoms with Crippen LogP contribution < -0.4 is 5.32 Å². The first-order valence-corrected chi connectivity index (χ1v) is 22.5. The standard InChI is InChI=1S/C34H50NO15P3/c1-22-17-27-26-12-11-23-18-24(36)13-14-33(23,2)32(26)28(37)19-34(27,3)31(22)29(38)20-48-52(42,43)50-53(44,45)49-51(40,41)47-16-15-35-30(39)21-46-25-9-7-5-4-6-8-10-25/h13-14,18,22,25-28,31-32,37H,4-7,9,11-12,15-17,19-21H2,1-3H3,(H,35,39)(H,40,41)(H,42,43)(H,44,45)/t22-,25?,26+,27?,28+,31-,32?,33+,34+/m1/s1. The van der Waals surface area contributed by atoms with E-state index in [4.69, 9.17) is 9.26 Å². The molecule has 296 valence electrons. The predicted molar refractivity (Wildman–Crippen MR) is 188 cm³/mol. The number of hydrogen-bond acceptors (Lipinski definition) is 12. The molecule has 6 unspecified atom stereocenters. The van der Waals surface area contributed by atoms with Crippen LogP contribution in [0.25, 0.3) is 0 Å². The average molecular weight is 806 g/mol. The monoisotopic (exact) mass is 805 g/mol. The fourth-order valence-corrected chi connectivity index (χ4v) is 13.1. The van der Waals surface area contributed by atoms with Gasteiger partial charge < -0.3 is 29.8 Å². The normalized spacial score (nSPS) is 37.1. The van der Waals surface area contributed by atoms with Gasteiger partial charge in [0.2, 0.25) is 5.91 Å². The fourth-order valence-electron chi connectivity index (χ4n) is 9.62. The molecule has 0 aliphatic heterocycles. The van der Waals surface area contributed by atoms with Gasteiger partial charge in [0.05, 0.1) is 12.7 Å². The van der Waals surface area contributed by atoms with Gasteiger partial charge in [-0.3, -0.25) is 23.4 Å². The molecule has 1 amide bonds. The van der Waals surface area contributed by atoms with Gasteiger partial charge in [0.25, 0.3) is 0 Å². The zero-order valence-electron chi connectivity index (χ0n) is 30.1. The summed E-state index contributed by atoms with van der Waals surface area (Å²) >= 11 is 0. The summed E-state index contributed by atoms with van der Waals surface area (Å²) < 4.78 is 60.5. The van der Waals surface area contributed by atoms with Gasteiger partial charge in [0.15, 0.2) is 11.6 Å². The number of nitrogens with one attached hydrogen (secondary N) is 1. The number of aliphatic hydroxyl groups excluding tert-OH is 1. The summed E-state index contributed by atoms with van der Waals surface area (Å²) in [5, 5.41) is 14.0. The molecule has 3 saturated carbocycles. The number of ether oxygens (including phenoxy) is 1. The Morgan fingerprint density at radius 2 is 1.72 bits per heavy atom. The summed E-state index contributed by atoms with van der Waals surface area (Å²) in [6.07, 6.45) is 10.7. The Balaban J connectivity index is 1.09. The zero-order valence-corrected chi connectivity index (χ0v) is 32.8. The number of hydrogen-bond donors (Lipinski definition) is 5. The van der Waals surface area contributed by atoms with Crippen molar-refractivity contribution in [2.45, 2.75) is 90.8 Å². The number of aliphatic hydroxyl groups is 1. The van der Waals surface area contributed by atoms with Gasteiger partial charge in [0, 0.05) is 30.2 Å². The molecule has 5 N–H and O–H groups in total. The van der Waals surface area contributed by atoms with Crippen molar-refractivity contribution in [2.75, 3.05) is 26.4 Å². The number of Topliss-reactive ketones (excluding diaryl/α,β-unsaturated/α-hetero) is 1. The van der Waals surface area contributed by atoms with Crippen LogP contribution in [0, 0.1) is 52.3 Å². The van der Waals surface area contributed by atoms with Crippen molar-refractivity contribution < 1.29 is 70.3 Å². The molecule has 0 saturated heterocycles. The maximum Gasteiger partial charge on any atom is 0.490 e. The first-order valence-electron chi connectivity index (χ1n) is 18.0. The third-order valence-corrected chi connectivity index (χ3v) is 15.9. The van der Waals surface area contributed by atoms with Crippen LogP contribution in [0.3, 0.4) is 0 Å². The molecule has 0 radical (unpaired) electrons. The molecule has 5 rings (SSSR count). The minimum Gasteiger partial charge on any atom is -0.393 e. The second kappa shape index (κ2) is 16.7. The number of fused-ring (bicyclic) bond motifs is 5. The molecule has 16 nitrogen and oxygen atoms in total. The number of amides is 1. The highest BCUT2D eigenvalue weighted by Crippen LogP contribution is 2.69. The maximum atomic E-state index is 13.6. The summed E-state index contributed by atoms with van der Waals surface area (Å²) in [5.41, 5.74) is -0.195. The number of carbonyl (C=O) groups is 3. The number of carbonyl (C=O) groups excluding carboxylic acids is 3. The largest absolute Gasteiger partial charge is 0.490 e. The zero-order chi connectivity index (χ0) is 38.8. The van der Waals surface area contributed by atoms with Crippen molar-refractivity contribution in [1.82, 2.24) is 5.32 Å². The topological polar surface area (TPSA) is 242 Å². The molecule has 0 aromatic heterocycles. The number of ketones is 2. The quantitative estimate of drug-likeness (QED) is 0.0868. The Kier molecular flexibility index (Phi) is 13.4. The Morgan fingerprint density at radius 1 is 1.00 bits per heavy atom. The summed E-state index contributed by atoms with van der Waals surface area (Å²) in [4.78, 5) is 67.9. The van der Waals surface area contributed by atoms with Gasteiger partial charge in [-0.2, -0.15) is 8.62 Å². The van der Waals surface area contributed by atoms with Crippen molar-refractivity contribution >= 4 is 40.9 Å². The molecular formula is C34H50NO15P3. The minimum atomic E-state index is -5.79. The molecular weight excluding hydrogens is 755 g/mol. The maximum absolute atomic E-state index is 13.6. The summed E-state index contributed by atoms with van der Waals surface area (Å²) in [6.45, 7) is 3.57. The molecule has 53 heavy (non-hydrogen) atoms. The molecule has 19 heteroatoms. The lowest BCUT2D eigenvalue weighted by molar-refractivity contribution is -0.142. The average Bonchev–Trinajstić information content (AvgIpc) is 3.29. The predicted octanol–water partition coefficient (Wildman–Crippen LogP) is 4.53. The van der Waals surface area contributed by atoms with E-state index in [0.29, 0.717) is 19.3 Å². The van der Waals surface area contributed by atoms with Crippen molar-refractivity contribution in [2.24, 2.45) is 40.4 Å². The van der Waals surface area contributed by atoms with E-state index in [1.165, 1.54) is 0 Å². The lowest BCUT2D eigenvalue weighted by atomic mass is 9.46. The fraction of sp³-hybridized carbons (Fsp3) is 0.735. The van der Waals surface area contributed by atoms with Crippen LogP contribution in [0.4, 0.5) is 0 Å². The van der Waals surface area contributed by atoms with E-state index in [1.54, 1.807) is 12.2 Å². The number of phosphoric acid groups is 3. The van der Waals surface area contributed by atoms with Crippen molar-refractivity contribution in [1.29, 1.82) is 0 Å². The Bertz CT molecular complexity index is 1700. The minimum absolute atomic E-state index is 0.0264. The van der Waals surface area contributed by atoms with Gasteiger partial charge in [-0.15, -0.1) is 5.92 Å². The third-order valence-electron chi connectivity index (χ3n) is 11.6. The lowest BCUT2D eigenvalue weighted by Gasteiger charge is -2.58. The molecule has 12 atom stereocenters. The summed E-state index contributed by atoms with van der Waals surface area (Å²) in [7, 11) is -16.7. The van der Waals surface area contributed by atoms with E-state index < -0.39 is 71.2 Å². The van der Waals surface area contributed by atoms with E-state index in [-0.39, 0.29) is 55.1 Å². The second-order valence-electron chi connectivity index (χ2n) is 15.2. The molecule has 0 spiro atoms. The molecule has 3 fully saturated rings. The van der Waals surface area contributed by atoms with Crippen LogP contribution in [-0.2, 0) is 50.5 Å². The Morgan fingerprint density at radius 3 is 2.45 bits per heavy atom. The van der Waals surface area contributed by atoms with Gasteiger partial charge >= 0.3 is 23.5 Å². The van der Waals surface area contributed by atoms with Crippen LogP contribution in [0.1, 0.15) is 78.6 Å². The summed E-state index contributed by atoms with van der Waals surface area (Å²) in [5.74, 6) is 3.75.